The molecule has 0 aromatic heterocycles. The number of halogens is 2. The SMILES string of the molecule is Cl.Cl.[N-]=[N+]=N[C@H]1CNC[C@@H]1O. The van der Waals surface area contributed by atoms with Crippen LogP contribution in [0, 0.1) is 0 Å². The van der Waals surface area contributed by atoms with Crippen molar-refractivity contribution in [2.24, 2.45) is 5.11 Å². The average molecular weight is 201 g/mol. The predicted octanol–water partition coefficient (Wildman–Crippen LogP) is 0.473. The molecule has 2 atom stereocenters. The molecule has 0 aromatic carbocycles. The molecule has 66 valence electrons. The fourth-order valence-corrected chi connectivity index (χ4v) is 0.835. The van der Waals surface area contributed by atoms with Gasteiger partial charge in [0.25, 0.3) is 0 Å². The minimum Gasteiger partial charge on any atom is -0.391 e. The molecule has 1 aliphatic rings. The summed E-state index contributed by atoms with van der Waals surface area (Å²) >= 11 is 0. The van der Waals surface area contributed by atoms with E-state index in [2.05, 4.69) is 15.3 Å². The molecule has 5 nitrogen and oxygen atoms in total. The van der Waals surface area contributed by atoms with Gasteiger partial charge in [-0.1, -0.05) is 5.11 Å². The summed E-state index contributed by atoms with van der Waals surface area (Å²) < 4.78 is 0. The van der Waals surface area contributed by atoms with E-state index in [0.29, 0.717) is 13.1 Å². The van der Waals surface area contributed by atoms with Crippen molar-refractivity contribution in [2.45, 2.75) is 12.1 Å². The topological polar surface area (TPSA) is 81.0 Å². The second-order valence-electron chi connectivity index (χ2n) is 2.00. The maximum Gasteiger partial charge on any atom is 0.0770 e. The van der Waals surface area contributed by atoms with Gasteiger partial charge in [0.15, 0.2) is 0 Å². The molecule has 0 saturated carbocycles. The highest BCUT2D eigenvalue weighted by Crippen LogP contribution is 2.03. The highest BCUT2D eigenvalue weighted by atomic mass is 35.5. The van der Waals surface area contributed by atoms with Crippen molar-refractivity contribution in [3.63, 3.8) is 0 Å². The molecule has 0 spiro atoms. The summed E-state index contributed by atoms with van der Waals surface area (Å²) in [6.07, 6.45) is -0.499. The Labute approximate surface area is 76.6 Å². The van der Waals surface area contributed by atoms with Crippen LogP contribution in [-0.2, 0) is 0 Å². The summed E-state index contributed by atoms with van der Waals surface area (Å²) in [5.41, 5.74) is 7.96. The van der Waals surface area contributed by atoms with Crippen molar-refractivity contribution in [3.8, 4) is 0 Å². The summed E-state index contributed by atoms with van der Waals surface area (Å²) in [4.78, 5) is 2.59. The van der Waals surface area contributed by atoms with E-state index >= 15 is 0 Å². The highest BCUT2D eigenvalue weighted by Gasteiger charge is 2.22. The Kier molecular flexibility index (Phi) is 7.94. The van der Waals surface area contributed by atoms with Gasteiger partial charge in [-0.05, 0) is 5.53 Å². The van der Waals surface area contributed by atoms with Gasteiger partial charge >= 0.3 is 0 Å². The molecule has 0 unspecified atom stereocenters. The third kappa shape index (κ3) is 3.65. The maximum atomic E-state index is 8.99. The number of azide groups is 1. The molecule has 0 amide bonds. The first-order valence-corrected chi connectivity index (χ1v) is 2.77. The quantitative estimate of drug-likeness (QED) is 0.367. The Morgan fingerprint density at radius 2 is 2.09 bits per heavy atom. The van der Waals surface area contributed by atoms with Crippen LogP contribution >= 0.6 is 24.8 Å². The molecule has 1 saturated heterocycles. The van der Waals surface area contributed by atoms with Crippen LogP contribution in [0.25, 0.3) is 10.4 Å². The third-order valence-corrected chi connectivity index (χ3v) is 1.35. The first kappa shape index (κ1) is 13.4. The van der Waals surface area contributed by atoms with E-state index in [9.17, 15) is 0 Å². The fourth-order valence-electron chi connectivity index (χ4n) is 0.835. The van der Waals surface area contributed by atoms with Crippen molar-refractivity contribution in [1.82, 2.24) is 5.32 Å². The Balaban J connectivity index is 0. The highest BCUT2D eigenvalue weighted by molar-refractivity contribution is 5.85. The Morgan fingerprint density at radius 1 is 1.45 bits per heavy atom. The molecule has 7 heteroatoms. The Hall–Kier alpha value is -0.190. The van der Waals surface area contributed by atoms with E-state index in [1.54, 1.807) is 0 Å². The summed E-state index contributed by atoms with van der Waals surface area (Å²) in [6.45, 7) is 1.12. The van der Waals surface area contributed by atoms with Crippen LogP contribution in [-0.4, -0.2) is 30.3 Å². The molecule has 0 aliphatic carbocycles. The van der Waals surface area contributed by atoms with Gasteiger partial charge in [-0.2, -0.15) is 0 Å². The number of hydrogen-bond donors (Lipinski definition) is 2. The van der Waals surface area contributed by atoms with Crippen LogP contribution in [0.5, 0.6) is 0 Å². The predicted molar refractivity (Wildman–Crippen MR) is 46.3 cm³/mol. The van der Waals surface area contributed by atoms with Crippen LogP contribution in [0.3, 0.4) is 0 Å². The molecule has 1 heterocycles. The standard InChI is InChI=1S/C4H8N4O.2ClH/c5-8-7-3-1-6-2-4(3)9;;/h3-4,6,9H,1-2H2;2*1H/t3-,4-;;/m0../s1. The first-order chi connectivity index (χ1) is 4.34. The van der Waals surface area contributed by atoms with Gasteiger partial charge in [0.2, 0.25) is 0 Å². The number of rotatable bonds is 1. The summed E-state index contributed by atoms with van der Waals surface area (Å²) in [5.74, 6) is 0. The number of β-amino-alcohol motifs (C(OH)–C–C–N with tert-alkyl or cyclic N) is 1. The number of aliphatic hydroxyl groups excluding tert-OH is 1. The fraction of sp³-hybridized carbons (Fsp3) is 1.00. The molecular formula is C4H10Cl2N4O. The van der Waals surface area contributed by atoms with Crippen molar-refractivity contribution in [2.75, 3.05) is 13.1 Å². The van der Waals surface area contributed by atoms with Crippen molar-refractivity contribution >= 4 is 24.8 Å². The molecule has 2 N–H and O–H groups in total. The van der Waals surface area contributed by atoms with Crippen LogP contribution in [0.1, 0.15) is 0 Å². The number of hydrogen-bond acceptors (Lipinski definition) is 3. The molecule has 11 heavy (non-hydrogen) atoms. The van der Waals surface area contributed by atoms with Gasteiger partial charge in [-0.25, -0.2) is 0 Å². The zero-order valence-electron chi connectivity index (χ0n) is 5.67. The van der Waals surface area contributed by atoms with Gasteiger partial charge in [0.05, 0.1) is 12.1 Å². The minimum absolute atomic E-state index is 0. The summed E-state index contributed by atoms with van der Waals surface area (Å²) in [5, 5.41) is 15.3. The second-order valence-corrected chi connectivity index (χ2v) is 2.00. The summed E-state index contributed by atoms with van der Waals surface area (Å²) in [7, 11) is 0. The van der Waals surface area contributed by atoms with Crippen LogP contribution in [0.15, 0.2) is 5.11 Å². The van der Waals surface area contributed by atoms with Crippen molar-refractivity contribution in [1.29, 1.82) is 0 Å². The second kappa shape index (κ2) is 6.52. The lowest BCUT2D eigenvalue weighted by Gasteiger charge is -2.02. The Bertz CT molecular complexity index is 149. The maximum absolute atomic E-state index is 8.99. The van der Waals surface area contributed by atoms with Crippen molar-refractivity contribution < 1.29 is 5.11 Å². The summed E-state index contributed by atoms with van der Waals surface area (Å²) in [6, 6.07) is -0.269. The van der Waals surface area contributed by atoms with E-state index < -0.39 is 6.10 Å². The first-order valence-electron chi connectivity index (χ1n) is 2.77. The van der Waals surface area contributed by atoms with E-state index in [1.807, 2.05) is 0 Å². The van der Waals surface area contributed by atoms with Crippen LogP contribution in [0.2, 0.25) is 0 Å². The van der Waals surface area contributed by atoms with Crippen LogP contribution in [0.4, 0.5) is 0 Å². The Morgan fingerprint density at radius 3 is 2.45 bits per heavy atom. The van der Waals surface area contributed by atoms with Gasteiger partial charge < -0.3 is 10.4 Å². The van der Waals surface area contributed by atoms with Crippen molar-refractivity contribution in [3.05, 3.63) is 10.4 Å². The lowest BCUT2D eigenvalue weighted by Crippen LogP contribution is -2.20. The molecular weight excluding hydrogens is 191 g/mol. The zero-order chi connectivity index (χ0) is 6.69. The molecule has 1 rings (SSSR count). The monoisotopic (exact) mass is 200 g/mol. The van der Waals surface area contributed by atoms with Gasteiger partial charge in [-0.3, -0.25) is 0 Å². The zero-order valence-corrected chi connectivity index (χ0v) is 7.31. The minimum atomic E-state index is -0.499. The van der Waals surface area contributed by atoms with E-state index in [4.69, 9.17) is 10.6 Å². The van der Waals surface area contributed by atoms with E-state index in [0.717, 1.165) is 0 Å². The van der Waals surface area contributed by atoms with Crippen LogP contribution < -0.4 is 5.32 Å². The number of nitrogens with one attached hydrogen (secondary N) is 1. The smallest absolute Gasteiger partial charge is 0.0770 e. The average Bonchev–Trinajstić information content (AvgIpc) is 2.18. The molecule has 0 aromatic rings. The molecule has 1 aliphatic heterocycles. The lowest BCUT2D eigenvalue weighted by atomic mass is 10.2. The lowest BCUT2D eigenvalue weighted by molar-refractivity contribution is 0.179. The van der Waals surface area contributed by atoms with E-state index in [1.165, 1.54) is 0 Å². The van der Waals surface area contributed by atoms with E-state index in [-0.39, 0.29) is 30.9 Å². The molecule has 0 radical (unpaired) electrons. The van der Waals surface area contributed by atoms with Gasteiger partial charge in [0, 0.05) is 18.0 Å². The normalized spacial score (nSPS) is 27.7. The molecule has 1 fully saturated rings. The largest absolute Gasteiger partial charge is 0.391 e. The van der Waals surface area contributed by atoms with Gasteiger partial charge in [-0.15, -0.1) is 24.8 Å². The third-order valence-electron chi connectivity index (χ3n) is 1.35. The number of nitrogens with zero attached hydrogens (tertiary/aromatic N) is 3. The van der Waals surface area contributed by atoms with Gasteiger partial charge in [0.1, 0.15) is 0 Å². The number of aliphatic hydroxyl groups is 1. The molecule has 0 bridgehead atoms.